The van der Waals surface area contributed by atoms with E-state index in [-0.39, 0.29) is 16.3 Å². The van der Waals surface area contributed by atoms with Gasteiger partial charge in [0.25, 0.3) is 10.0 Å². The minimum absolute atomic E-state index is 0.0798. The molecule has 2 amide bonds. The third kappa shape index (κ3) is 3.25. The number of nitrogens with one attached hydrogen (secondary N) is 2. The molecular formula is C9H13N3O4S. The first kappa shape index (κ1) is 13.1. The normalized spacial score (nSPS) is 10.9. The average molecular weight is 259 g/mol. The molecule has 0 aliphatic heterocycles. The summed E-state index contributed by atoms with van der Waals surface area (Å²) in [6, 6.07) is 2.53. The summed E-state index contributed by atoms with van der Waals surface area (Å²) in [7, 11) is -3.97. The number of rotatable bonds is 3. The summed E-state index contributed by atoms with van der Waals surface area (Å²) in [5.41, 5.74) is 5.28. The molecule has 5 N–H and O–H groups in total. The van der Waals surface area contributed by atoms with Crippen molar-refractivity contribution in [2.45, 2.75) is 11.8 Å². The van der Waals surface area contributed by atoms with Gasteiger partial charge >= 0.3 is 6.03 Å². The van der Waals surface area contributed by atoms with E-state index in [4.69, 9.17) is 10.8 Å². The first-order chi connectivity index (χ1) is 7.86. The number of hydrogen-bond donors (Lipinski definition) is 4. The number of aromatic hydroxyl groups is 1. The van der Waals surface area contributed by atoms with E-state index in [2.05, 4.69) is 5.32 Å². The number of nitrogens with two attached hydrogens (primary N) is 1. The molecule has 17 heavy (non-hydrogen) atoms. The molecule has 0 aromatic heterocycles. The van der Waals surface area contributed by atoms with Gasteiger partial charge in [0.1, 0.15) is 5.75 Å². The third-order valence-corrected chi connectivity index (χ3v) is 3.20. The van der Waals surface area contributed by atoms with Crippen molar-refractivity contribution in [2.75, 3.05) is 12.3 Å². The summed E-state index contributed by atoms with van der Waals surface area (Å²) in [6.07, 6.45) is 0. The molecule has 0 saturated carbocycles. The van der Waals surface area contributed by atoms with E-state index < -0.39 is 16.1 Å². The van der Waals surface area contributed by atoms with Crippen molar-refractivity contribution >= 4 is 21.7 Å². The zero-order chi connectivity index (χ0) is 13.1. The zero-order valence-corrected chi connectivity index (χ0v) is 9.91. The molecule has 94 valence electrons. The SMILES string of the molecule is CCNC(=O)NS(=O)(=O)c1ccc(O)c(N)c1. The van der Waals surface area contributed by atoms with Crippen LogP contribution in [0.2, 0.25) is 0 Å². The molecule has 1 aromatic carbocycles. The van der Waals surface area contributed by atoms with Crippen LogP contribution in [0.5, 0.6) is 5.75 Å². The Balaban J connectivity index is 2.97. The van der Waals surface area contributed by atoms with E-state index in [9.17, 15) is 13.2 Å². The summed E-state index contributed by atoms with van der Waals surface area (Å²) in [5, 5.41) is 11.4. The van der Waals surface area contributed by atoms with Crippen LogP contribution in [0.15, 0.2) is 23.1 Å². The fourth-order valence-electron chi connectivity index (χ4n) is 1.08. The Morgan fingerprint density at radius 3 is 2.65 bits per heavy atom. The standard InChI is InChI=1S/C9H13N3O4S/c1-2-11-9(14)12-17(15,16)6-3-4-8(13)7(10)5-6/h3-5,13H,2,10H2,1H3,(H2,11,12,14). The van der Waals surface area contributed by atoms with Gasteiger partial charge in [-0.15, -0.1) is 0 Å². The van der Waals surface area contributed by atoms with Crippen molar-refractivity contribution in [3.05, 3.63) is 18.2 Å². The number of phenols is 1. The minimum atomic E-state index is -3.97. The largest absolute Gasteiger partial charge is 0.506 e. The summed E-state index contributed by atoms with van der Waals surface area (Å²) in [4.78, 5) is 10.9. The van der Waals surface area contributed by atoms with Gasteiger partial charge in [0.2, 0.25) is 0 Å². The first-order valence-corrected chi connectivity index (χ1v) is 6.24. The molecule has 0 unspecified atom stereocenters. The molecule has 1 aromatic rings. The first-order valence-electron chi connectivity index (χ1n) is 4.76. The Bertz CT molecular complexity index is 527. The molecule has 8 heteroatoms. The number of carbonyl (C=O) groups is 1. The molecule has 0 aliphatic rings. The average Bonchev–Trinajstić information content (AvgIpc) is 2.21. The topological polar surface area (TPSA) is 122 Å². The second-order valence-corrected chi connectivity index (χ2v) is 4.87. The van der Waals surface area contributed by atoms with Crippen molar-refractivity contribution in [3.63, 3.8) is 0 Å². The van der Waals surface area contributed by atoms with Crippen LogP contribution in [0.4, 0.5) is 10.5 Å². The lowest BCUT2D eigenvalue weighted by Crippen LogP contribution is -2.39. The molecular weight excluding hydrogens is 246 g/mol. The van der Waals surface area contributed by atoms with Gasteiger partial charge in [-0.25, -0.2) is 17.9 Å². The van der Waals surface area contributed by atoms with E-state index >= 15 is 0 Å². The van der Waals surface area contributed by atoms with Gasteiger partial charge in [0.05, 0.1) is 10.6 Å². The van der Waals surface area contributed by atoms with Gasteiger partial charge in [-0.3, -0.25) is 0 Å². The molecule has 0 spiro atoms. The third-order valence-electron chi connectivity index (χ3n) is 1.87. The van der Waals surface area contributed by atoms with Crippen LogP contribution >= 0.6 is 0 Å². The molecule has 7 nitrogen and oxygen atoms in total. The monoisotopic (exact) mass is 259 g/mol. The second kappa shape index (κ2) is 4.91. The van der Waals surface area contributed by atoms with Crippen molar-refractivity contribution in [2.24, 2.45) is 0 Å². The van der Waals surface area contributed by atoms with Crippen LogP contribution in [0.1, 0.15) is 6.92 Å². The van der Waals surface area contributed by atoms with Crippen LogP contribution in [0, 0.1) is 0 Å². The van der Waals surface area contributed by atoms with E-state index in [1.807, 2.05) is 0 Å². The Labute approximate surface area is 98.7 Å². The number of amides is 2. The number of sulfonamides is 1. The Kier molecular flexibility index (Phi) is 3.79. The molecule has 0 heterocycles. The predicted octanol–water partition coefficient (Wildman–Crippen LogP) is -0.0178. The number of benzene rings is 1. The molecule has 0 radical (unpaired) electrons. The fraction of sp³-hybridized carbons (Fsp3) is 0.222. The van der Waals surface area contributed by atoms with Crippen LogP contribution in [-0.4, -0.2) is 26.1 Å². The minimum Gasteiger partial charge on any atom is -0.506 e. The van der Waals surface area contributed by atoms with Crippen molar-refractivity contribution in [1.29, 1.82) is 0 Å². The van der Waals surface area contributed by atoms with E-state index in [1.165, 1.54) is 0 Å². The van der Waals surface area contributed by atoms with Crippen molar-refractivity contribution < 1.29 is 18.3 Å². The molecule has 0 saturated heterocycles. The van der Waals surface area contributed by atoms with Gasteiger partial charge in [-0.05, 0) is 25.1 Å². The molecule has 0 bridgehead atoms. The van der Waals surface area contributed by atoms with E-state index in [0.29, 0.717) is 6.54 Å². The quantitative estimate of drug-likeness (QED) is 0.449. The maximum Gasteiger partial charge on any atom is 0.328 e. The van der Waals surface area contributed by atoms with Crippen LogP contribution in [0.25, 0.3) is 0 Å². The lowest BCUT2D eigenvalue weighted by molar-refractivity contribution is 0.246. The number of anilines is 1. The maximum absolute atomic E-state index is 11.7. The summed E-state index contributed by atoms with van der Waals surface area (Å²) < 4.78 is 25.1. The van der Waals surface area contributed by atoms with Crippen molar-refractivity contribution in [3.8, 4) is 5.75 Å². The number of phenolic OH excluding ortho intramolecular Hbond substituents is 1. The fourth-order valence-corrected chi connectivity index (χ4v) is 2.04. The van der Waals surface area contributed by atoms with Gasteiger partial charge in [-0.1, -0.05) is 0 Å². The van der Waals surface area contributed by atoms with E-state index in [1.54, 1.807) is 11.6 Å². The van der Waals surface area contributed by atoms with Gasteiger partial charge in [0.15, 0.2) is 0 Å². The highest BCUT2D eigenvalue weighted by Crippen LogP contribution is 2.22. The van der Waals surface area contributed by atoms with Gasteiger partial charge in [0, 0.05) is 6.54 Å². The highest BCUT2D eigenvalue weighted by Gasteiger charge is 2.17. The highest BCUT2D eigenvalue weighted by atomic mass is 32.2. The van der Waals surface area contributed by atoms with Crippen LogP contribution in [-0.2, 0) is 10.0 Å². The molecule has 0 fully saturated rings. The number of hydrogen-bond acceptors (Lipinski definition) is 5. The molecule has 0 aliphatic carbocycles. The zero-order valence-electron chi connectivity index (χ0n) is 9.10. The smallest absolute Gasteiger partial charge is 0.328 e. The summed E-state index contributed by atoms with van der Waals surface area (Å²) in [6.45, 7) is 1.96. The van der Waals surface area contributed by atoms with Gasteiger partial charge in [-0.2, -0.15) is 0 Å². The van der Waals surface area contributed by atoms with Gasteiger partial charge < -0.3 is 16.2 Å². The van der Waals surface area contributed by atoms with E-state index in [0.717, 1.165) is 18.2 Å². The Hall–Kier alpha value is -1.96. The lowest BCUT2D eigenvalue weighted by Gasteiger charge is -2.08. The number of carbonyl (C=O) groups excluding carboxylic acids is 1. The predicted molar refractivity (Wildman–Crippen MR) is 61.9 cm³/mol. The lowest BCUT2D eigenvalue weighted by atomic mass is 10.3. The highest BCUT2D eigenvalue weighted by molar-refractivity contribution is 7.90. The van der Waals surface area contributed by atoms with Crippen molar-refractivity contribution in [1.82, 2.24) is 10.0 Å². The van der Waals surface area contributed by atoms with Crippen LogP contribution in [0.3, 0.4) is 0 Å². The molecule has 1 rings (SSSR count). The summed E-state index contributed by atoms with van der Waals surface area (Å²) >= 11 is 0. The summed E-state index contributed by atoms with van der Waals surface area (Å²) in [5.74, 6) is -0.220. The Morgan fingerprint density at radius 1 is 1.47 bits per heavy atom. The Morgan fingerprint density at radius 2 is 2.12 bits per heavy atom. The second-order valence-electron chi connectivity index (χ2n) is 3.19. The molecule has 0 atom stereocenters. The van der Waals surface area contributed by atoms with Crippen LogP contribution < -0.4 is 15.8 Å². The number of nitrogen functional groups attached to an aromatic ring is 1. The maximum atomic E-state index is 11.7. The number of urea groups is 1.